The van der Waals surface area contributed by atoms with Crippen molar-refractivity contribution in [3.8, 4) is 0 Å². The number of rotatable bonds is 17. The van der Waals surface area contributed by atoms with Crippen LogP contribution in [-0.4, -0.2) is 71.5 Å². The molecule has 10 heteroatoms. The number of hydrogen-bond donors (Lipinski definition) is 7. The third-order valence-electron chi connectivity index (χ3n) is 4.00. The van der Waals surface area contributed by atoms with Crippen molar-refractivity contribution in [3.63, 3.8) is 0 Å². The van der Waals surface area contributed by atoms with Crippen LogP contribution < -0.4 is 22.1 Å². The van der Waals surface area contributed by atoms with Crippen LogP contribution in [0.5, 0.6) is 0 Å². The molecule has 0 saturated heterocycles. The molecule has 0 radical (unpaired) electrons. The first kappa shape index (κ1) is 24.2. The fraction of sp³-hybridized carbons (Fsp3) is 0.812. The number of hydrogen-bond acceptors (Lipinski definition) is 7. The van der Waals surface area contributed by atoms with E-state index in [4.69, 9.17) is 21.7 Å². The molecule has 0 aromatic carbocycles. The van der Waals surface area contributed by atoms with Gasteiger partial charge in [-0.05, 0) is 38.8 Å². The van der Waals surface area contributed by atoms with Gasteiger partial charge in [-0.2, -0.15) is 0 Å². The molecule has 0 aliphatic carbocycles. The van der Waals surface area contributed by atoms with E-state index in [1.165, 1.54) is 0 Å². The van der Waals surface area contributed by atoms with E-state index in [1.54, 1.807) is 0 Å². The summed E-state index contributed by atoms with van der Waals surface area (Å²) in [5.41, 5.74) is 10.8. The average Bonchev–Trinajstić information content (AvgIpc) is 2.57. The standard InChI is InChI=1S/C16H32N4O6/c17-12(15(23)24)5-1-3-7-19-9-11(14(21)22)10-20-8-4-2-6-13(18)16(25)26/h11-13,19-20H,1-10,17-18H2,(H,21,22)(H,23,24)(H,25,26). The van der Waals surface area contributed by atoms with Gasteiger partial charge in [-0.25, -0.2) is 0 Å². The smallest absolute Gasteiger partial charge is 0.320 e. The minimum absolute atomic E-state index is 0.317. The summed E-state index contributed by atoms with van der Waals surface area (Å²) in [6, 6.07) is -1.70. The zero-order chi connectivity index (χ0) is 19.9. The number of nitrogens with one attached hydrogen (secondary N) is 2. The maximum Gasteiger partial charge on any atom is 0.320 e. The molecule has 0 aliphatic rings. The van der Waals surface area contributed by atoms with E-state index >= 15 is 0 Å². The van der Waals surface area contributed by atoms with Crippen LogP contribution in [0.25, 0.3) is 0 Å². The first-order valence-corrected chi connectivity index (χ1v) is 8.86. The van der Waals surface area contributed by atoms with Crippen molar-refractivity contribution in [1.82, 2.24) is 10.6 Å². The zero-order valence-corrected chi connectivity index (χ0v) is 15.0. The number of carboxylic acids is 3. The quantitative estimate of drug-likeness (QED) is 0.156. The summed E-state index contributed by atoms with van der Waals surface area (Å²) in [6.07, 6.45) is 3.57. The molecule has 10 nitrogen and oxygen atoms in total. The summed E-state index contributed by atoms with van der Waals surface area (Å²) in [7, 11) is 0. The number of carbonyl (C=O) groups is 3. The van der Waals surface area contributed by atoms with Crippen LogP contribution in [0, 0.1) is 5.92 Å². The van der Waals surface area contributed by atoms with Crippen LogP contribution in [0.2, 0.25) is 0 Å². The van der Waals surface area contributed by atoms with Gasteiger partial charge in [0.15, 0.2) is 0 Å². The van der Waals surface area contributed by atoms with Crippen molar-refractivity contribution >= 4 is 17.9 Å². The number of aliphatic carboxylic acids is 3. The van der Waals surface area contributed by atoms with Gasteiger partial charge in [0.1, 0.15) is 12.1 Å². The summed E-state index contributed by atoms with van der Waals surface area (Å²) in [5, 5.41) is 32.6. The molecule has 0 amide bonds. The Kier molecular flexibility index (Phi) is 13.5. The Morgan fingerprint density at radius 3 is 1.38 bits per heavy atom. The van der Waals surface area contributed by atoms with Crippen LogP contribution in [0.1, 0.15) is 38.5 Å². The van der Waals surface area contributed by atoms with Gasteiger partial charge < -0.3 is 37.4 Å². The van der Waals surface area contributed by atoms with Crippen LogP contribution in [0.15, 0.2) is 0 Å². The largest absolute Gasteiger partial charge is 0.481 e. The molecule has 0 saturated carbocycles. The fourth-order valence-electron chi connectivity index (χ4n) is 2.27. The molecule has 0 rings (SSSR count). The van der Waals surface area contributed by atoms with Crippen molar-refractivity contribution in [2.24, 2.45) is 17.4 Å². The molecular formula is C16H32N4O6. The first-order chi connectivity index (χ1) is 12.3. The Morgan fingerprint density at radius 1 is 0.692 bits per heavy atom. The molecule has 26 heavy (non-hydrogen) atoms. The topological polar surface area (TPSA) is 188 Å². The fourth-order valence-corrected chi connectivity index (χ4v) is 2.27. The molecular weight excluding hydrogens is 344 g/mol. The van der Waals surface area contributed by atoms with Gasteiger partial charge in [0, 0.05) is 13.1 Å². The molecule has 0 bridgehead atoms. The second-order valence-electron chi connectivity index (χ2n) is 6.32. The SMILES string of the molecule is NC(CCCCNCC(CNCCCCC(N)C(=O)O)C(=O)O)C(=O)O. The van der Waals surface area contributed by atoms with Gasteiger partial charge in [0.2, 0.25) is 0 Å². The van der Waals surface area contributed by atoms with Crippen molar-refractivity contribution < 1.29 is 29.7 Å². The van der Waals surface area contributed by atoms with Crippen molar-refractivity contribution in [3.05, 3.63) is 0 Å². The molecule has 0 heterocycles. The van der Waals surface area contributed by atoms with Gasteiger partial charge in [0.05, 0.1) is 5.92 Å². The molecule has 9 N–H and O–H groups in total. The van der Waals surface area contributed by atoms with E-state index in [0.29, 0.717) is 51.9 Å². The molecule has 0 spiro atoms. The summed E-state index contributed by atoms with van der Waals surface area (Å²) in [4.78, 5) is 32.4. The Hall–Kier alpha value is -1.75. The number of unbranched alkanes of at least 4 members (excludes halogenated alkanes) is 2. The second kappa shape index (κ2) is 14.4. The Morgan fingerprint density at radius 2 is 1.08 bits per heavy atom. The van der Waals surface area contributed by atoms with E-state index < -0.39 is 35.9 Å². The van der Waals surface area contributed by atoms with Gasteiger partial charge in [-0.15, -0.1) is 0 Å². The number of nitrogens with two attached hydrogens (primary N) is 2. The van der Waals surface area contributed by atoms with Gasteiger partial charge in [-0.3, -0.25) is 14.4 Å². The predicted molar refractivity (Wildman–Crippen MR) is 95.8 cm³/mol. The Labute approximate surface area is 153 Å². The van der Waals surface area contributed by atoms with E-state index in [9.17, 15) is 19.5 Å². The first-order valence-electron chi connectivity index (χ1n) is 8.86. The summed E-state index contributed by atoms with van der Waals surface area (Å²) in [6.45, 7) is 1.83. The Balaban J connectivity index is 3.73. The van der Waals surface area contributed by atoms with E-state index in [0.717, 1.165) is 12.8 Å². The highest BCUT2D eigenvalue weighted by molar-refractivity contribution is 5.73. The monoisotopic (exact) mass is 376 g/mol. The van der Waals surface area contributed by atoms with E-state index in [-0.39, 0.29) is 0 Å². The maximum absolute atomic E-state index is 11.2. The molecule has 2 atom stereocenters. The maximum atomic E-state index is 11.2. The Bertz CT molecular complexity index is 403. The average molecular weight is 376 g/mol. The minimum Gasteiger partial charge on any atom is -0.481 e. The highest BCUT2D eigenvalue weighted by Gasteiger charge is 2.16. The third-order valence-corrected chi connectivity index (χ3v) is 4.00. The molecule has 2 unspecified atom stereocenters. The minimum atomic E-state index is -1.01. The predicted octanol–water partition coefficient (Wildman–Crippen LogP) is -0.969. The molecule has 0 fully saturated rings. The second-order valence-corrected chi connectivity index (χ2v) is 6.32. The van der Waals surface area contributed by atoms with Crippen molar-refractivity contribution in [2.45, 2.75) is 50.6 Å². The van der Waals surface area contributed by atoms with Crippen LogP contribution in [-0.2, 0) is 14.4 Å². The molecule has 0 aliphatic heterocycles. The van der Waals surface area contributed by atoms with Gasteiger partial charge >= 0.3 is 17.9 Å². The van der Waals surface area contributed by atoms with Crippen molar-refractivity contribution in [1.29, 1.82) is 0 Å². The van der Waals surface area contributed by atoms with Crippen molar-refractivity contribution in [2.75, 3.05) is 26.2 Å². The van der Waals surface area contributed by atoms with Gasteiger partial charge in [0.25, 0.3) is 0 Å². The normalized spacial score (nSPS) is 14.5. The lowest BCUT2D eigenvalue weighted by atomic mass is 10.1. The summed E-state index contributed by atoms with van der Waals surface area (Å²) >= 11 is 0. The van der Waals surface area contributed by atoms with Crippen LogP contribution in [0.3, 0.4) is 0 Å². The van der Waals surface area contributed by atoms with Gasteiger partial charge in [-0.1, -0.05) is 12.8 Å². The molecule has 0 aromatic rings. The molecule has 152 valence electrons. The highest BCUT2D eigenvalue weighted by Crippen LogP contribution is 2.01. The van der Waals surface area contributed by atoms with E-state index in [1.807, 2.05) is 0 Å². The zero-order valence-electron chi connectivity index (χ0n) is 15.0. The summed E-state index contributed by atoms with van der Waals surface area (Å²) in [5.74, 6) is -3.50. The molecule has 0 aromatic heterocycles. The van der Waals surface area contributed by atoms with Crippen LogP contribution in [0.4, 0.5) is 0 Å². The summed E-state index contributed by atoms with van der Waals surface area (Å²) < 4.78 is 0. The third kappa shape index (κ3) is 12.6. The van der Waals surface area contributed by atoms with Crippen LogP contribution >= 0.6 is 0 Å². The lowest BCUT2D eigenvalue weighted by Crippen LogP contribution is -2.37. The lowest BCUT2D eigenvalue weighted by molar-refractivity contribution is -0.141. The van der Waals surface area contributed by atoms with E-state index in [2.05, 4.69) is 10.6 Å². The lowest BCUT2D eigenvalue weighted by Gasteiger charge is -2.15. The number of carboxylic acid groups (broad SMARTS) is 3. The highest BCUT2D eigenvalue weighted by atomic mass is 16.4.